The van der Waals surface area contributed by atoms with Crippen molar-refractivity contribution in [2.45, 2.75) is 203 Å². The second-order valence-electron chi connectivity index (χ2n) is 18.5. The highest BCUT2D eigenvalue weighted by atomic mass is 16.8. The summed E-state index contributed by atoms with van der Waals surface area (Å²) >= 11 is 0. The van der Waals surface area contributed by atoms with Gasteiger partial charge in [0.2, 0.25) is 0 Å². The smallest absolute Gasteiger partial charge is 0.187 e. The second-order valence-corrected chi connectivity index (χ2v) is 18.5. The zero-order valence-electron chi connectivity index (χ0n) is 38.7. The van der Waals surface area contributed by atoms with Crippen LogP contribution in [0.2, 0.25) is 0 Å². The summed E-state index contributed by atoms with van der Waals surface area (Å²) in [5, 5.41) is 222. The van der Waals surface area contributed by atoms with Gasteiger partial charge in [-0.15, -0.1) is 0 Å². The van der Waals surface area contributed by atoms with E-state index in [1.807, 2.05) is 0 Å². The lowest BCUT2D eigenvalue weighted by molar-refractivity contribution is -0.392. The number of ether oxygens (including phenoxy) is 12. The normalized spacial score (nSPS) is 49.7. The van der Waals surface area contributed by atoms with Crippen LogP contribution in [-0.4, -0.2) is 350 Å². The predicted molar refractivity (Wildman–Crippen MR) is 221 cm³/mol. The van der Waals surface area contributed by atoms with E-state index in [9.17, 15) is 107 Å². The molecule has 0 radical (unpaired) electrons. The third-order valence-electron chi connectivity index (χ3n) is 13.3. The van der Waals surface area contributed by atoms with Gasteiger partial charge >= 0.3 is 0 Å². The molecule has 428 valence electrons. The summed E-state index contributed by atoms with van der Waals surface area (Å²) in [5.41, 5.74) is 0. The fourth-order valence-corrected chi connectivity index (χ4v) is 8.73. The molecule has 6 aliphatic heterocycles. The zero-order chi connectivity index (χ0) is 53.9. The Morgan fingerprint density at radius 1 is 0.411 bits per heavy atom. The van der Waals surface area contributed by atoms with Gasteiger partial charge in [-0.1, -0.05) is 0 Å². The number of hydrogen-bond donors (Lipinski definition) is 21. The van der Waals surface area contributed by atoms with Crippen LogP contribution in [0.4, 0.5) is 0 Å². The largest absolute Gasteiger partial charge is 0.394 e. The Balaban J connectivity index is 1.26. The maximum Gasteiger partial charge on any atom is 0.187 e. The standard InChI is InChI=1S/C40H70O33/c1-9-17(48)23(54)28(59)36(66-9)72-34-25(56)21(52)14(4-43)67-40(34)73-33-20(51)13(47)6-63-39(33)65-8-16-32(26(57)30(61)38(69-16)70-31(11(45)3-42)19(50)10(44)2-41)71-37-29(60)24(55)22(53)15(68-37)7-64-35-27(58)18(49)12(46)5-62-35/h9-61H,2-8H2,1H3/t9-,10-,11+,12+,13+,14+,15+,16+,17+,18-,19+,20-,21-,22+,23+,24-,25-,26+,27+,28-,29+,30+,31+,32+,33+,34+,35+,36+,37-,38-,39+,40-/m0/s1. The maximum absolute atomic E-state index is 11.6. The minimum Gasteiger partial charge on any atom is -0.394 e. The average molecular weight is 1080 g/mol. The Labute approximate surface area is 413 Å². The van der Waals surface area contributed by atoms with E-state index >= 15 is 0 Å². The lowest BCUT2D eigenvalue weighted by Crippen LogP contribution is -2.66. The van der Waals surface area contributed by atoms with Crippen LogP contribution in [0.15, 0.2) is 0 Å². The highest BCUT2D eigenvalue weighted by Crippen LogP contribution is 2.35. The highest BCUT2D eigenvalue weighted by Gasteiger charge is 2.56. The summed E-state index contributed by atoms with van der Waals surface area (Å²) in [6.07, 6.45) is -61.5. The number of hydrogen-bond acceptors (Lipinski definition) is 33. The van der Waals surface area contributed by atoms with Gasteiger partial charge in [0.15, 0.2) is 37.7 Å². The Kier molecular flexibility index (Phi) is 22.2. The van der Waals surface area contributed by atoms with Gasteiger partial charge in [0, 0.05) is 0 Å². The first-order chi connectivity index (χ1) is 34.4. The first kappa shape index (κ1) is 60.9. The average Bonchev–Trinajstić information content (AvgIpc) is 3.37. The van der Waals surface area contributed by atoms with Crippen LogP contribution < -0.4 is 0 Å². The first-order valence-corrected chi connectivity index (χ1v) is 23.2. The Morgan fingerprint density at radius 3 is 1.49 bits per heavy atom. The van der Waals surface area contributed by atoms with E-state index in [1.54, 1.807) is 0 Å². The van der Waals surface area contributed by atoms with E-state index in [4.69, 9.17) is 56.8 Å². The number of rotatable bonds is 20. The molecule has 21 N–H and O–H groups in total. The molecule has 33 nitrogen and oxygen atoms in total. The Morgan fingerprint density at radius 2 is 0.863 bits per heavy atom. The molecule has 0 saturated carbocycles. The van der Waals surface area contributed by atoms with Crippen molar-refractivity contribution in [3.63, 3.8) is 0 Å². The van der Waals surface area contributed by atoms with Gasteiger partial charge < -0.3 is 164 Å². The molecular formula is C40H70O33. The summed E-state index contributed by atoms with van der Waals surface area (Å²) in [6, 6.07) is 0. The predicted octanol–water partition coefficient (Wildman–Crippen LogP) is -14.3. The van der Waals surface area contributed by atoms with Crippen molar-refractivity contribution in [3.8, 4) is 0 Å². The monoisotopic (exact) mass is 1080 g/mol. The zero-order valence-corrected chi connectivity index (χ0v) is 38.7. The molecule has 0 aromatic heterocycles. The molecule has 33 heteroatoms. The molecule has 0 amide bonds. The molecule has 0 bridgehead atoms. The lowest BCUT2D eigenvalue weighted by atomic mass is 9.96. The van der Waals surface area contributed by atoms with Crippen molar-refractivity contribution in [3.05, 3.63) is 0 Å². The molecular weight excluding hydrogens is 1010 g/mol. The minimum atomic E-state index is -2.31. The topological polar surface area (TPSA) is 536 Å². The van der Waals surface area contributed by atoms with Crippen molar-refractivity contribution in [2.75, 3.05) is 46.2 Å². The van der Waals surface area contributed by atoms with Gasteiger partial charge in [-0.05, 0) is 6.92 Å². The summed E-state index contributed by atoms with van der Waals surface area (Å²) in [5.74, 6) is 0. The van der Waals surface area contributed by atoms with E-state index in [-0.39, 0.29) is 0 Å². The van der Waals surface area contributed by atoms with E-state index in [1.165, 1.54) is 6.92 Å². The molecule has 73 heavy (non-hydrogen) atoms. The summed E-state index contributed by atoms with van der Waals surface area (Å²) in [6.45, 7) is -4.84. The van der Waals surface area contributed by atoms with Gasteiger partial charge in [0.05, 0.1) is 52.4 Å². The maximum atomic E-state index is 11.6. The van der Waals surface area contributed by atoms with E-state index < -0.39 is 243 Å². The van der Waals surface area contributed by atoms with Gasteiger partial charge in [0.1, 0.15) is 153 Å². The van der Waals surface area contributed by atoms with Crippen LogP contribution in [0.3, 0.4) is 0 Å². The van der Waals surface area contributed by atoms with Crippen LogP contribution in [0, 0.1) is 0 Å². The van der Waals surface area contributed by atoms with Crippen LogP contribution in [0.1, 0.15) is 6.92 Å². The van der Waals surface area contributed by atoms with Crippen molar-refractivity contribution in [2.24, 2.45) is 0 Å². The van der Waals surface area contributed by atoms with Gasteiger partial charge in [-0.2, -0.15) is 0 Å². The van der Waals surface area contributed by atoms with Gasteiger partial charge in [-0.3, -0.25) is 0 Å². The molecule has 6 fully saturated rings. The van der Waals surface area contributed by atoms with Crippen molar-refractivity contribution in [1.29, 1.82) is 0 Å². The molecule has 0 aromatic rings. The number of aliphatic hydroxyl groups excluding tert-OH is 21. The summed E-state index contributed by atoms with van der Waals surface area (Å²) in [4.78, 5) is 0. The fourth-order valence-electron chi connectivity index (χ4n) is 8.73. The van der Waals surface area contributed by atoms with Crippen molar-refractivity contribution in [1.82, 2.24) is 0 Å². The molecule has 6 saturated heterocycles. The first-order valence-electron chi connectivity index (χ1n) is 23.2. The van der Waals surface area contributed by atoms with Gasteiger partial charge in [0.25, 0.3) is 0 Å². The molecule has 6 aliphatic rings. The van der Waals surface area contributed by atoms with Crippen molar-refractivity contribution >= 4 is 0 Å². The molecule has 6 heterocycles. The molecule has 0 aromatic carbocycles. The molecule has 0 spiro atoms. The molecule has 0 aliphatic carbocycles. The lowest BCUT2D eigenvalue weighted by Gasteiger charge is -2.48. The summed E-state index contributed by atoms with van der Waals surface area (Å²) < 4.78 is 67.9. The quantitative estimate of drug-likeness (QED) is 0.0538. The SMILES string of the molecule is C[C@@H]1O[C@H](O[C@H]2[C@H](O[C@H]3[C@@H](OC[C@H]4O[C@@H](O[C@@H]([C@H](O)[C@@H](O)CO)[C@H](O)CO)[C@H](O)[C@@H](O)[C@@H]4O[C@@H]4O[C@H](CO[C@H]5OC[C@@H](O)[C@H](O)[C@H]5O)[C@@H](O)[C@H](O)[C@H]4O)OC[C@@H](O)[C@@H]3O)O[C@H](CO)[C@H](O)[C@@H]2O)[C@@H](O)[C@H](O)[C@@H]1O. The number of aliphatic hydroxyl groups is 21. The van der Waals surface area contributed by atoms with Crippen LogP contribution >= 0.6 is 0 Å². The van der Waals surface area contributed by atoms with Crippen LogP contribution in [0.25, 0.3) is 0 Å². The minimum absolute atomic E-state index is 0.488. The van der Waals surface area contributed by atoms with Gasteiger partial charge in [-0.25, -0.2) is 0 Å². The molecule has 6 rings (SSSR count). The Hall–Kier alpha value is -1.32. The van der Waals surface area contributed by atoms with E-state index in [0.717, 1.165) is 0 Å². The van der Waals surface area contributed by atoms with Crippen LogP contribution in [0.5, 0.6) is 0 Å². The van der Waals surface area contributed by atoms with Crippen LogP contribution in [-0.2, 0) is 56.8 Å². The van der Waals surface area contributed by atoms with E-state index in [0.29, 0.717) is 0 Å². The fraction of sp³-hybridized carbons (Fsp3) is 1.00. The van der Waals surface area contributed by atoms with Crippen molar-refractivity contribution < 1.29 is 164 Å². The Bertz CT molecular complexity index is 1650. The third-order valence-corrected chi connectivity index (χ3v) is 13.3. The van der Waals surface area contributed by atoms with E-state index in [2.05, 4.69) is 0 Å². The summed E-state index contributed by atoms with van der Waals surface area (Å²) in [7, 11) is 0. The molecule has 32 atom stereocenters. The molecule has 0 unspecified atom stereocenters. The second kappa shape index (κ2) is 26.6. The third kappa shape index (κ3) is 13.6. The highest BCUT2D eigenvalue weighted by molar-refractivity contribution is 4.98.